The van der Waals surface area contributed by atoms with E-state index in [1.807, 2.05) is 4.90 Å². The van der Waals surface area contributed by atoms with Crippen molar-refractivity contribution in [3.05, 3.63) is 23.3 Å². The molecule has 1 saturated carbocycles. The third-order valence-corrected chi connectivity index (χ3v) is 8.87. The van der Waals surface area contributed by atoms with E-state index < -0.39 is 15.8 Å². The Bertz CT molecular complexity index is 919. The van der Waals surface area contributed by atoms with Crippen LogP contribution < -0.4 is 9.47 Å². The first kappa shape index (κ1) is 18.3. The quantitative estimate of drug-likeness (QED) is 0.718. The van der Waals surface area contributed by atoms with Gasteiger partial charge in [0.2, 0.25) is 5.91 Å². The van der Waals surface area contributed by atoms with Gasteiger partial charge in [0.1, 0.15) is 13.2 Å². The molecular formula is C21H27NO5S. The molecule has 28 heavy (non-hydrogen) atoms. The Kier molecular flexibility index (Phi) is 4.16. The Labute approximate surface area is 166 Å². The molecule has 1 aromatic carbocycles. The Morgan fingerprint density at radius 3 is 2.46 bits per heavy atom. The highest BCUT2D eigenvalue weighted by Gasteiger charge is 2.48. The molecule has 6 nitrogen and oxygen atoms in total. The number of fused-ring (bicyclic) bond motifs is 3. The summed E-state index contributed by atoms with van der Waals surface area (Å²) in [5.74, 6) is 1.29. The van der Waals surface area contributed by atoms with E-state index in [2.05, 4.69) is 19.1 Å². The summed E-state index contributed by atoms with van der Waals surface area (Å²) >= 11 is 0. The van der Waals surface area contributed by atoms with Gasteiger partial charge in [0.05, 0.1) is 23.5 Å². The van der Waals surface area contributed by atoms with Crippen LogP contribution >= 0.6 is 0 Å². The standard InChI is InChI=1S/C21H27NO5S/c1-14-16-10-18-19(27-8-7-26-18)11-17(16)21(5-2-3-6-21)13-22(14)20(23)15-4-9-28(24,25)12-15/h10-11,14-15H,2-9,12-13H2,1H3. The molecule has 5 rings (SSSR count). The number of sulfone groups is 1. The summed E-state index contributed by atoms with van der Waals surface area (Å²) < 4.78 is 35.5. The van der Waals surface area contributed by atoms with Gasteiger partial charge in [0.25, 0.3) is 0 Å². The minimum absolute atomic E-state index is 0.000360. The summed E-state index contributed by atoms with van der Waals surface area (Å²) in [6.45, 7) is 3.83. The van der Waals surface area contributed by atoms with E-state index in [4.69, 9.17) is 9.47 Å². The third kappa shape index (κ3) is 2.81. The predicted molar refractivity (Wildman–Crippen MR) is 104 cm³/mol. The maximum Gasteiger partial charge on any atom is 0.227 e. The lowest BCUT2D eigenvalue weighted by Gasteiger charge is -2.47. The van der Waals surface area contributed by atoms with Crippen molar-refractivity contribution in [1.29, 1.82) is 0 Å². The summed E-state index contributed by atoms with van der Waals surface area (Å²) in [4.78, 5) is 15.3. The first-order valence-corrected chi connectivity index (χ1v) is 12.2. The molecule has 0 bridgehead atoms. The molecule has 0 radical (unpaired) electrons. The number of ether oxygens (including phenoxy) is 2. The molecule has 4 aliphatic rings. The average molecular weight is 406 g/mol. The van der Waals surface area contributed by atoms with Gasteiger partial charge < -0.3 is 14.4 Å². The van der Waals surface area contributed by atoms with Crippen LogP contribution in [0.25, 0.3) is 0 Å². The number of nitrogens with zero attached hydrogens (tertiary/aromatic N) is 1. The highest BCUT2D eigenvalue weighted by atomic mass is 32.2. The molecule has 1 saturated heterocycles. The fraction of sp³-hybridized carbons (Fsp3) is 0.667. The van der Waals surface area contributed by atoms with E-state index in [-0.39, 0.29) is 28.9 Å². The van der Waals surface area contributed by atoms with Gasteiger partial charge in [-0.15, -0.1) is 0 Å². The Morgan fingerprint density at radius 1 is 1.14 bits per heavy atom. The number of benzene rings is 1. The second kappa shape index (κ2) is 6.37. The zero-order valence-electron chi connectivity index (χ0n) is 16.3. The second-order valence-corrected chi connectivity index (χ2v) is 11.0. The first-order chi connectivity index (χ1) is 13.4. The zero-order chi connectivity index (χ0) is 19.5. The van der Waals surface area contributed by atoms with Gasteiger partial charge in [-0.25, -0.2) is 8.42 Å². The van der Waals surface area contributed by atoms with Gasteiger partial charge in [-0.05, 0) is 49.4 Å². The molecule has 0 aromatic heterocycles. The maximum atomic E-state index is 13.3. The second-order valence-electron chi connectivity index (χ2n) is 8.81. The molecule has 2 atom stereocenters. The first-order valence-electron chi connectivity index (χ1n) is 10.3. The van der Waals surface area contributed by atoms with E-state index in [0.717, 1.165) is 42.7 Å². The molecule has 152 valence electrons. The van der Waals surface area contributed by atoms with Gasteiger partial charge in [-0.2, -0.15) is 0 Å². The molecule has 0 N–H and O–H groups in total. The average Bonchev–Trinajstić information content (AvgIpc) is 3.30. The molecule has 3 aliphatic heterocycles. The SMILES string of the molecule is CC1c2cc3c(cc2C2(CCCC2)CN1C(=O)C1CCS(=O)(=O)C1)OCCO3. The predicted octanol–water partition coefficient (Wildman–Crippen LogP) is 2.61. The van der Waals surface area contributed by atoms with Crippen molar-refractivity contribution in [2.75, 3.05) is 31.3 Å². The van der Waals surface area contributed by atoms with Gasteiger partial charge >= 0.3 is 0 Å². The molecule has 1 aromatic rings. The van der Waals surface area contributed by atoms with E-state index in [9.17, 15) is 13.2 Å². The number of carbonyl (C=O) groups is 1. The molecule has 2 unspecified atom stereocenters. The molecule has 3 heterocycles. The van der Waals surface area contributed by atoms with Crippen molar-refractivity contribution in [1.82, 2.24) is 4.90 Å². The topological polar surface area (TPSA) is 72.9 Å². The van der Waals surface area contributed by atoms with Crippen LogP contribution in [0.1, 0.15) is 56.2 Å². The summed E-state index contributed by atoms with van der Waals surface area (Å²) in [5, 5.41) is 0. The van der Waals surface area contributed by atoms with E-state index in [1.54, 1.807) is 0 Å². The molecule has 2 fully saturated rings. The van der Waals surface area contributed by atoms with Crippen LogP contribution in [0.5, 0.6) is 11.5 Å². The molecular weight excluding hydrogens is 378 g/mol. The molecule has 7 heteroatoms. The van der Waals surface area contributed by atoms with Gasteiger partial charge in [0.15, 0.2) is 21.3 Å². The lowest BCUT2D eigenvalue weighted by atomic mass is 9.71. The Hall–Kier alpha value is -1.76. The Balaban J connectivity index is 1.55. The van der Waals surface area contributed by atoms with Crippen molar-refractivity contribution in [2.45, 2.75) is 50.5 Å². The lowest BCUT2D eigenvalue weighted by Crippen LogP contribution is -2.50. The smallest absolute Gasteiger partial charge is 0.227 e. The van der Waals surface area contributed by atoms with E-state index in [0.29, 0.717) is 26.2 Å². The normalized spacial score (nSPS) is 29.7. The number of rotatable bonds is 1. The zero-order valence-corrected chi connectivity index (χ0v) is 17.1. The Morgan fingerprint density at radius 2 is 1.82 bits per heavy atom. The van der Waals surface area contributed by atoms with Crippen LogP contribution in [0, 0.1) is 5.92 Å². The van der Waals surface area contributed by atoms with Crippen LogP contribution in [0.15, 0.2) is 12.1 Å². The fourth-order valence-electron chi connectivity index (χ4n) is 5.60. The summed E-state index contributed by atoms with van der Waals surface area (Å²) in [7, 11) is -3.08. The summed E-state index contributed by atoms with van der Waals surface area (Å²) in [6, 6.07) is 4.11. The minimum atomic E-state index is -3.08. The van der Waals surface area contributed by atoms with Gasteiger partial charge in [-0.1, -0.05) is 12.8 Å². The molecule has 1 spiro atoms. The summed E-state index contributed by atoms with van der Waals surface area (Å²) in [5.41, 5.74) is 2.38. The van der Waals surface area contributed by atoms with E-state index in [1.165, 1.54) is 5.56 Å². The van der Waals surface area contributed by atoms with Gasteiger partial charge in [0, 0.05) is 12.0 Å². The van der Waals surface area contributed by atoms with Crippen LogP contribution in [-0.4, -0.2) is 50.5 Å². The van der Waals surface area contributed by atoms with Crippen molar-refractivity contribution < 1.29 is 22.7 Å². The van der Waals surface area contributed by atoms with Crippen LogP contribution in [-0.2, 0) is 20.0 Å². The fourth-order valence-corrected chi connectivity index (χ4v) is 7.33. The third-order valence-electron chi connectivity index (χ3n) is 7.10. The largest absolute Gasteiger partial charge is 0.486 e. The number of hydrogen-bond acceptors (Lipinski definition) is 5. The summed E-state index contributed by atoms with van der Waals surface area (Å²) in [6.07, 6.45) is 4.87. The highest BCUT2D eigenvalue weighted by molar-refractivity contribution is 7.91. The van der Waals surface area contributed by atoms with Gasteiger partial charge in [-0.3, -0.25) is 4.79 Å². The monoisotopic (exact) mass is 405 g/mol. The van der Waals surface area contributed by atoms with Crippen molar-refractivity contribution >= 4 is 15.7 Å². The van der Waals surface area contributed by atoms with Crippen LogP contribution in [0.2, 0.25) is 0 Å². The lowest BCUT2D eigenvalue weighted by molar-refractivity contribution is -0.138. The number of hydrogen-bond donors (Lipinski definition) is 0. The van der Waals surface area contributed by atoms with Crippen LogP contribution in [0.4, 0.5) is 0 Å². The van der Waals surface area contributed by atoms with E-state index >= 15 is 0 Å². The molecule has 1 aliphatic carbocycles. The van der Waals surface area contributed by atoms with Crippen molar-refractivity contribution in [3.63, 3.8) is 0 Å². The van der Waals surface area contributed by atoms with Crippen LogP contribution in [0.3, 0.4) is 0 Å². The minimum Gasteiger partial charge on any atom is -0.486 e. The van der Waals surface area contributed by atoms with Crippen molar-refractivity contribution in [3.8, 4) is 11.5 Å². The van der Waals surface area contributed by atoms with Crippen molar-refractivity contribution in [2.24, 2.45) is 5.92 Å². The molecule has 1 amide bonds. The maximum absolute atomic E-state index is 13.3. The highest BCUT2D eigenvalue weighted by Crippen LogP contribution is 2.52. The number of carbonyl (C=O) groups excluding carboxylic acids is 1. The number of amides is 1.